The van der Waals surface area contributed by atoms with Gasteiger partial charge in [0, 0.05) is 15.7 Å². The summed E-state index contributed by atoms with van der Waals surface area (Å²) in [6, 6.07) is 6.74. The molecule has 2 rings (SSSR count). The van der Waals surface area contributed by atoms with Gasteiger partial charge in [-0.2, -0.15) is 5.10 Å². The summed E-state index contributed by atoms with van der Waals surface area (Å²) in [5.74, 6) is -0.272. The van der Waals surface area contributed by atoms with Crippen molar-refractivity contribution in [2.45, 2.75) is 6.92 Å². The van der Waals surface area contributed by atoms with E-state index in [2.05, 4.69) is 26.1 Å². The van der Waals surface area contributed by atoms with E-state index in [4.69, 9.17) is 0 Å². The lowest BCUT2D eigenvalue weighted by molar-refractivity contribution is 0.630. The summed E-state index contributed by atoms with van der Waals surface area (Å²) in [6.07, 6.45) is 0. The number of aryl methyl sites for hydroxylation is 1. The van der Waals surface area contributed by atoms with Crippen LogP contribution in [0.5, 0.6) is 0 Å². The van der Waals surface area contributed by atoms with Crippen LogP contribution in [0.15, 0.2) is 28.7 Å². The van der Waals surface area contributed by atoms with E-state index >= 15 is 0 Å². The molecule has 0 atom stereocenters. The molecule has 0 saturated carbocycles. The van der Waals surface area contributed by atoms with Crippen LogP contribution in [-0.4, -0.2) is 10.2 Å². The first kappa shape index (κ1) is 9.40. The number of benzene rings is 1. The molecule has 14 heavy (non-hydrogen) atoms. The first-order valence-electron chi connectivity index (χ1n) is 4.14. The van der Waals surface area contributed by atoms with Crippen molar-refractivity contribution in [3.8, 4) is 11.3 Å². The minimum atomic E-state index is -0.272. The lowest BCUT2D eigenvalue weighted by atomic mass is 10.1. The summed E-state index contributed by atoms with van der Waals surface area (Å²) in [7, 11) is 0. The number of H-pyrrole nitrogens is 1. The largest absolute Gasteiger partial charge is 0.282 e. The number of nitrogens with one attached hydrogen (secondary N) is 1. The molecule has 0 aliphatic carbocycles. The lowest BCUT2D eigenvalue weighted by Gasteiger charge is -1.98. The average molecular weight is 255 g/mol. The fraction of sp³-hybridized carbons (Fsp3) is 0.100. The average Bonchev–Trinajstić information content (AvgIpc) is 2.51. The topological polar surface area (TPSA) is 28.7 Å². The molecule has 0 unspecified atom stereocenters. The van der Waals surface area contributed by atoms with E-state index in [0.29, 0.717) is 11.3 Å². The highest BCUT2D eigenvalue weighted by Crippen LogP contribution is 2.24. The van der Waals surface area contributed by atoms with Gasteiger partial charge >= 0.3 is 0 Å². The molecule has 1 heterocycles. The smallest absolute Gasteiger partial charge is 0.133 e. The zero-order chi connectivity index (χ0) is 10.1. The third-order valence-corrected chi connectivity index (χ3v) is 2.41. The van der Waals surface area contributed by atoms with Crippen molar-refractivity contribution >= 4 is 15.9 Å². The molecule has 0 amide bonds. The number of hydrogen-bond donors (Lipinski definition) is 1. The van der Waals surface area contributed by atoms with Crippen molar-refractivity contribution in [3.05, 3.63) is 40.2 Å². The molecule has 2 nitrogen and oxygen atoms in total. The van der Waals surface area contributed by atoms with Crippen LogP contribution in [0, 0.1) is 12.7 Å². The van der Waals surface area contributed by atoms with Crippen LogP contribution in [0.3, 0.4) is 0 Å². The molecular formula is C10H8BrFN2. The molecule has 0 aliphatic heterocycles. The molecule has 0 bridgehead atoms. The fourth-order valence-corrected chi connectivity index (χ4v) is 1.59. The fourth-order valence-electron chi connectivity index (χ4n) is 1.25. The van der Waals surface area contributed by atoms with Crippen molar-refractivity contribution in [3.63, 3.8) is 0 Å². The van der Waals surface area contributed by atoms with E-state index < -0.39 is 0 Å². The second kappa shape index (κ2) is 3.53. The Hall–Kier alpha value is -1.16. The van der Waals surface area contributed by atoms with Gasteiger partial charge in [0.1, 0.15) is 5.82 Å². The van der Waals surface area contributed by atoms with Crippen molar-refractivity contribution in [1.82, 2.24) is 10.2 Å². The van der Waals surface area contributed by atoms with Crippen LogP contribution in [0.2, 0.25) is 0 Å². The van der Waals surface area contributed by atoms with Crippen LogP contribution < -0.4 is 0 Å². The van der Waals surface area contributed by atoms with Crippen molar-refractivity contribution in [1.29, 1.82) is 0 Å². The Morgan fingerprint density at radius 3 is 2.71 bits per heavy atom. The molecule has 0 spiro atoms. The first-order valence-corrected chi connectivity index (χ1v) is 4.93. The second-order valence-corrected chi connectivity index (χ2v) is 3.98. The Bertz CT molecular complexity index is 465. The molecule has 72 valence electrons. The Labute approximate surface area is 89.3 Å². The van der Waals surface area contributed by atoms with E-state index in [9.17, 15) is 4.39 Å². The monoisotopic (exact) mass is 254 g/mol. The number of aromatic amines is 1. The lowest BCUT2D eigenvalue weighted by Crippen LogP contribution is -1.84. The van der Waals surface area contributed by atoms with E-state index in [1.165, 1.54) is 6.07 Å². The van der Waals surface area contributed by atoms with Crippen LogP contribution in [0.4, 0.5) is 4.39 Å². The predicted octanol–water partition coefficient (Wildman–Crippen LogP) is 3.29. The molecule has 1 aromatic heterocycles. The predicted molar refractivity (Wildman–Crippen MR) is 56.4 cm³/mol. The summed E-state index contributed by atoms with van der Waals surface area (Å²) in [5, 5.41) is 6.78. The van der Waals surface area contributed by atoms with Gasteiger partial charge in [0.25, 0.3) is 0 Å². The molecule has 1 N–H and O–H groups in total. The maximum Gasteiger partial charge on any atom is 0.133 e. The number of nitrogens with zero attached hydrogens (tertiary/aromatic N) is 1. The molecule has 0 radical (unpaired) electrons. The van der Waals surface area contributed by atoms with Gasteiger partial charge in [-0.1, -0.05) is 15.9 Å². The Morgan fingerprint density at radius 1 is 1.36 bits per heavy atom. The highest BCUT2D eigenvalue weighted by molar-refractivity contribution is 9.10. The van der Waals surface area contributed by atoms with Gasteiger partial charge in [-0.25, -0.2) is 4.39 Å². The van der Waals surface area contributed by atoms with Gasteiger partial charge in [-0.3, -0.25) is 5.10 Å². The van der Waals surface area contributed by atoms with Crippen molar-refractivity contribution in [2.24, 2.45) is 0 Å². The van der Waals surface area contributed by atoms with E-state index in [-0.39, 0.29) is 5.82 Å². The Morgan fingerprint density at radius 2 is 2.14 bits per heavy atom. The third-order valence-electron chi connectivity index (χ3n) is 1.91. The molecule has 2 aromatic rings. The molecular weight excluding hydrogens is 247 g/mol. The Kier molecular flexibility index (Phi) is 2.37. The molecule has 0 saturated heterocycles. The zero-order valence-electron chi connectivity index (χ0n) is 7.51. The van der Waals surface area contributed by atoms with Crippen molar-refractivity contribution < 1.29 is 4.39 Å². The number of aromatic nitrogens is 2. The first-order chi connectivity index (χ1) is 6.66. The maximum atomic E-state index is 13.5. The van der Waals surface area contributed by atoms with Gasteiger partial charge in [-0.05, 0) is 31.2 Å². The Balaban J connectivity index is 2.52. The number of rotatable bonds is 1. The van der Waals surface area contributed by atoms with Crippen LogP contribution >= 0.6 is 15.9 Å². The minimum absolute atomic E-state index is 0.272. The van der Waals surface area contributed by atoms with Gasteiger partial charge in [0.2, 0.25) is 0 Å². The van der Waals surface area contributed by atoms with Gasteiger partial charge < -0.3 is 0 Å². The van der Waals surface area contributed by atoms with Crippen molar-refractivity contribution in [2.75, 3.05) is 0 Å². The highest BCUT2D eigenvalue weighted by Gasteiger charge is 2.07. The quantitative estimate of drug-likeness (QED) is 0.832. The number of hydrogen-bond acceptors (Lipinski definition) is 1. The van der Waals surface area contributed by atoms with Crippen LogP contribution in [-0.2, 0) is 0 Å². The second-order valence-electron chi connectivity index (χ2n) is 3.06. The zero-order valence-corrected chi connectivity index (χ0v) is 9.10. The minimum Gasteiger partial charge on any atom is -0.282 e. The van der Waals surface area contributed by atoms with Gasteiger partial charge in [0.15, 0.2) is 0 Å². The summed E-state index contributed by atoms with van der Waals surface area (Å²) < 4.78 is 14.2. The van der Waals surface area contributed by atoms with Gasteiger partial charge in [-0.15, -0.1) is 0 Å². The third kappa shape index (κ3) is 1.70. The summed E-state index contributed by atoms with van der Waals surface area (Å²) >= 11 is 3.21. The van der Waals surface area contributed by atoms with Gasteiger partial charge in [0.05, 0.1) is 5.69 Å². The van der Waals surface area contributed by atoms with Crippen LogP contribution in [0.1, 0.15) is 5.69 Å². The molecule has 0 aliphatic rings. The molecule has 4 heteroatoms. The SMILES string of the molecule is Cc1cc(-c2ccc(Br)cc2F)n[nH]1. The van der Waals surface area contributed by atoms with E-state index in [1.54, 1.807) is 12.1 Å². The molecule has 1 aromatic carbocycles. The summed E-state index contributed by atoms with van der Waals surface area (Å²) in [4.78, 5) is 0. The van der Waals surface area contributed by atoms with E-state index in [1.807, 2.05) is 13.0 Å². The summed E-state index contributed by atoms with van der Waals surface area (Å²) in [6.45, 7) is 1.88. The standard InChI is InChI=1S/C10H8BrFN2/c1-6-4-10(14-13-6)8-3-2-7(11)5-9(8)12/h2-5H,1H3,(H,13,14). The molecule has 0 fully saturated rings. The summed E-state index contributed by atoms with van der Waals surface area (Å²) in [5.41, 5.74) is 2.06. The maximum absolute atomic E-state index is 13.5. The van der Waals surface area contributed by atoms with Crippen LogP contribution in [0.25, 0.3) is 11.3 Å². The number of halogens is 2. The van der Waals surface area contributed by atoms with E-state index in [0.717, 1.165) is 10.2 Å². The highest BCUT2D eigenvalue weighted by atomic mass is 79.9. The normalized spacial score (nSPS) is 10.5.